The summed E-state index contributed by atoms with van der Waals surface area (Å²) in [6.07, 6.45) is 1.25. The van der Waals surface area contributed by atoms with Crippen molar-refractivity contribution < 1.29 is 17.9 Å². The average molecular weight is 369 g/mol. The lowest BCUT2D eigenvalue weighted by atomic mass is 10.1. The van der Waals surface area contributed by atoms with Crippen LogP contribution < -0.4 is 10.5 Å². The fourth-order valence-corrected chi connectivity index (χ4v) is 3.06. The molecule has 0 saturated carbocycles. The van der Waals surface area contributed by atoms with E-state index in [1.54, 1.807) is 0 Å². The van der Waals surface area contributed by atoms with Crippen molar-refractivity contribution in [3.63, 3.8) is 0 Å². The number of aliphatic hydroxyl groups is 1. The Labute approximate surface area is 126 Å². The van der Waals surface area contributed by atoms with Crippen LogP contribution in [-0.2, 0) is 10.0 Å². The van der Waals surface area contributed by atoms with Gasteiger partial charge in [-0.3, -0.25) is 0 Å². The number of aliphatic hydroxyl groups excluding tert-OH is 1. The van der Waals surface area contributed by atoms with Crippen molar-refractivity contribution in [1.29, 1.82) is 0 Å². The summed E-state index contributed by atoms with van der Waals surface area (Å²) in [4.78, 5) is -0.464. The third-order valence-electron chi connectivity index (χ3n) is 2.82. The van der Waals surface area contributed by atoms with E-state index in [1.165, 1.54) is 0 Å². The topological polar surface area (TPSA) is 92.4 Å². The molecule has 1 aromatic rings. The molecule has 1 aromatic carbocycles. The standard InChI is InChI=1S/C12H18BrFN2O3S/c1-8(7-17)3-2-4-16-20(18,19)12-6-11(15)9(13)5-10(12)14/h5-6,8,16-17H,2-4,7,15H2,1H3. The minimum Gasteiger partial charge on any atom is -0.398 e. The zero-order valence-electron chi connectivity index (χ0n) is 11.1. The molecule has 0 bridgehead atoms. The van der Waals surface area contributed by atoms with Gasteiger partial charge in [0.25, 0.3) is 0 Å². The molecule has 0 fully saturated rings. The van der Waals surface area contributed by atoms with Crippen LogP contribution in [0.4, 0.5) is 10.1 Å². The van der Waals surface area contributed by atoms with E-state index >= 15 is 0 Å². The van der Waals surface area contributed by atoms with Crippen LogP contribution in [0.5, 0.6) is 0 Å². The van der Waals surface area contributed by atoms with Gasteiger partial charge in [0.1, 0.15) is 10.7 Å². The monoisotopic (exact) mass is 368 g/mol. The Kier molecular flexibility index (Phi) is 6.38. The number of nitrogens with one attached hydrogen (secondary N) is 1. The largest absolute Gasteiger partial charge is 0.398 e. The minimum atomic E-state index is -3.92. The predicted molar refractivity (Wildman–Crippen MR) is 79.2 cm³/mol. The quantitative estimate of drug-likeness (QED) is 0.505. The Bertz CT molecular complexity index is 566. The van der Waals surface area contributed by atoms with Gasteiger partial charge in [0.15, 0.2) is 0 Å². The summed E-state index contributed by atoms with van der Waals surface area (Å²) in [5, 5.41) is 8.86. The van der Waals surface area contributed by atoms with Crippen molar-refractivity contribution >= 4 is 31.6 Å². The average Bonchev–Trinajstić information content (AvgIpc) is 2.38. The van der Waals surface area contributed by atoms with Gasteiger partial charge in [-0.1, -0.05) is 6.92 Å². The SMILES string of the molecule is CC(CO)CCCNS(=O)(=O)c1cc(N)c(Br)cc1F. The van der Waals surface area contributed by atoms with Gasteiger partial charge in [-0.15, -0.1) is 0 Å². The fraction of sp³-hybridized carbons (Fsp3) is 0.500. The van der Waals surface area contributed by atoms with E-state index in [1.807, 2.05) is 6.92 Å². The first-order chi connectivity index (χ1) is 9.27. The molecule has 0 aromatic heterocycles. The molecule has 0 aliphatic rings. The molecule has 1 rings (SSSR count). The lowest BCUT2D eigenvalue weighted by Crippen LogP contribution is -2.26. The Morgan fingerprint density at radius 3 is 2.75 bits per heavy atom. The Balaban J connectivity index is 2.72. The summed E-state index contributed by atoms with van der Waals surface area (Å²) in [6.45, 7) is 2.11. The molecule has 8 heteroatoms. The van der Waals surface area contributed by atoms with Crippen LogP contribution in [0.2, 0.25) is 0 Å². The van der Waals surface area contributed by atoms with E-state index < -0.39 is 20.7 Å². The molecule has 0 aliphatic heterocycles. The summed E-state index contributed by atoms with van der Waals surface area (Å²) in [5.74, 6) is -0.748. The number of halogens is 2. The maximum atomic E-state index is 13.7. The minimum absolute atomic E-state index is 0.0601. The van der Waals surface area contributed by atoms with E-state index in [2.05, 4.69) is 20.7 Å². The Morgan fingerprint density at radius 1 is 1.50 bits per heavy atom. The number of nitrogens with two attached hydrogens (primary N) is 1. The number of nitrogen functional groups attached to an aromatic ring is 1. The molecule has 1 atom stereocenters. The first-order valence-electron chi connectivity index (χ1n) is 6.13. The summed E-state index contributed by atoms with van der Waals surface area (Å²) in [7, 11) is -3.92. The molecule has 1 unspecified atom stereocenters. The molecule has 0 heterocycles. The van der Waals surface area contributed by atoms with Gasteiger partial charge in [-0.05, 0) is 46.8 Å². The summed E-state index contributed by atoms with van der Waals surface area (Å²) in [5.41, 5.74) is 5.72. The zero-order chi connectivity index (χ0) is 15.3. The van der Waals surface area contributed by atoms with Gasteiger partial charge in [0.2, 0.25) is 10.0 Å². The van der Waals surface area contributed by atoms with Gasteiger partial charge >= 0.3 is 0 Å². The molecule has 0 saturated heterocycles. The predicted octanol–water partition coefficient (Wildman–Crippen LogP) is 1.86. The number of sulfonamides is 1. The molecule has 0 spiro atoms. The first-order valence-corrected chi connectivity index (χ1v) is 8.40. The van der Waals surface area contributed by atoms with Crippen molar-refractivity contribution in [2.75, 3.05) is 18.9 Å². The van der Waals surface area contributed by atoms with Crippen molar-refractivity contribution in [2.24, 2.45) is 5.92 Å². The number of rotatable bonds is 7. The van der Waals surface area contributed by atoms with E-state index in [-0.39, 0.29) is 24.8 Å². The van der Waals surface area contributed by atoms with Gasteiger partial charge < -0.3 is 10.8 Å². The second-order valence-electron chi connectivity index (χ2n) is 4.63. The van der Waals surface area contributed by atoms with Crippen molar-refractivity contribution in [3.05, 3.63) is 22.4 Å². The lowest BCUT2D eigenvalue weighted by Gasteiger charge is -2.10. The summed E-state index contributed by atoms with van der Waals surface area (Å²) >= 11 is 3.03. The molecule has 0 aliphatic carbocycles. The van der Waals surface area contributed by atoms with Crippen LogP contribution >= 0.6 is 15.9 Å². The second-order valence-corrected chi connectivity index (χ2v) is 7.22. The Hall–Kier alpha value is -0.700. The highest BCUT2D eigenvalue weighted by molar-refractivity contribution is 9.10. The second kappa shape index (κ2) is 7.35. The Morgan fingerprint density at radius 2 is 2.15 bits per heavy atom. The van der Waals surface area contributed by atoms with Crippen LogP contribution in [0.15, 0.2) is 21.5 Å². The zero-order valence-corrected chi connectivity index (χ0v) is 13.5. The smallest absolute Gasteiger partial charge is 0.243 e. The van der Waals surface area contributed by atoms with Gasteiger partial charge in [0, 0.05) is 23.3 Å². The number of hydrogen-bond acceptors (Lipinski definition) is 4. The van der Waals surface area contributed by atoms with Crippen LogP contribution in [0.25, 0.3) is 0 Å². The number of benzene rings is 1. The third kappa shape index (κ3) is 4.69. The normalized spacial score (nSPS) is 13.4. The molecule has 5 nitrogen and oxygen atoms in total. The highest BCUT2D eigenvalue weighted by atomic mass is 79.9. The fourth-order valence-electron chi connectivity index (χ4n) is 1.58. The number of anilines is 1. The molecule has 20 heavy (non-hydrogen) atoms. The maximum absolute atomic E-state index is 13.7. The first kappa shape index (κ1) is 17.4. The summed E-state index contributed by atoms with van der Waals surface area (Å²) < 4.78 is 40.2. The van der Waals surface area contributed by atoms with Crippen molar-refractivity contribution in [3.8, 4) is 0 Å². The van der Waals surface area contributed by atoms with E-state index in [4.69, 9.17) is 10.8 Å². The molecule has 4 N–H and O–H groups in total. The van der Waals surface area contributed by atoms with Crippen molar-refractivity contribution in [2.45, 2.75) is 24.7 Å². The van der Waals surface area contributed by atoms with Crippen LogP contribution in [-0.4, -0.2) is 26.7 Å². The van der Waals surface area contributed by atoms with Gasteiger partial charge in [-0.2, -0.15) is 0 Å². The maximum Gasteiger partial charge on any atom is 0.243 e. The van der Waals surface area contributed by atoms with E-state index in [0.29, 0.717) is 17.3 Å². The molecular weight excluding hydrogens is 351 g/mol. The van der Waals surface area contributed by atoms with E-state index in [9.17, 15) is 12.8 Å². The summed E-state index contributed by atoms with van der Waals surface area (Å²) in [6, 6.07) is 2.11. The van der Waals surface area contributed by atoms with Crippen LogP contribution in [0, 0.1) is 11.7 Å². The van der Waals surface area contributed by atoms with Gasteiger partial charge in [0.05, 0.1) is 0 Å². The lowest BCUT2D eigenvalue weighted by molar-refractivity contribution is 0.228. The highest BCUT2D eigenvalue weighted by Gasteiger charge is 2.20. The van der Waals surface area contributed by atoms with Crippen LogP contribution in [0.3, 0.4) is 0 Å². The molecular formula is C12H18BrFN2O3S. The highest BCUT2D eigenvalue weighted by Crippen LogP contribution is 2.25. The van der Waals surface area contributed by atoms with Crippen molar-refractivity contribution in [1.82, 2.24) is 4.72 Å². The molecule has 0 radical (unpaired) electrons. The van der Waals surface area contributed by atoms with Gasteiger partial charge in [-0.25, -0.2) is 17.5 Å². The van der Waals surface area contributed by atoms with E-state index in [0.717, 1.165) is 12.1 Å². The number of hydrogen-bond donors (Lipinski definition) is 3. The molecule has 0 amide bonds. The third-order valence-corrected chi connectivity index (χ3v) is 4.98. The molecule has 114 valence electrons. The van der Waals surface area contributed by atoms with Crippen LogP contribution in [0.1, 0.15) is 19.8 Å².